The standard InChI is InChI=1S/C11H15N3O6S/c12-21(18,19)9-3-1-8(2-4-9)5-6-13-11(17)14-20-7-10(15)16/h1-4H,5-7H2,(H,15,16)(H2,12,18,19)(H2,13,14,17). The summed E-state index contributed by atoms with van der Waals surface area (Å²) in [4.78, 5) is 25.7. The molecule has 9 nitrogen and oxygen atoms in total. The van der Waals surface area contributed by atoms with Gasteiger partial charge in [-0.15, -0.1) is 0 Å². The van der Waals surface area contributed by atoms with Crippen molar-refractivity contribution in [3.05, 3.63) is 29.8 Å². The molecule has 2 amide bonds. The first kappa shape index (κ1) is 16.9. The summed E-state index contributed by atoms with van der Waals surface area (Å²) >= 11 is 0. The number of carboxylic acid groups (broad SMARTS) is 1. The fraction of sp³-hybridized carbons (Fsp3) is 0.273. The van der Waals surface area contributed by atoms with Crippen LogP contribution in [0.4, 0.5) is 4.79 Å². The molecule has 0 atom stereocenters. The number of benzene rings is 1. The zero-order valence-electron chi connectivity index (χ0n) is 10.9. The van der Waals surface area contributed by atoms with Gasteiger partial charge in [0, 0.05) is 6.54 Å². The van der Waals surface area contributed by atoms with E-state index >= 15 is 0 Å². The number of rotatable bonds is 7. The topological polar surface area (TPSA) is 148 Å². The van der Waals surface area contributed by atoms with Gasteiger partial charge in [0.15, 0.2) is 6.61 Å². The smallest absolute Gasteiger partial charge is 0.338 e. The number of hydroxylamine groups is 1. The van der Waals surface area contributed by atoms with Crippen molar-refractivity contribution >= 4 is 22.0 Å². The van der Waals surface area contributed by atoms with Crippen LogP contribution in [0.1, 0.15) is 5.56 Å². The zero-order chi connectivity index (χ0) is 15.9. The van der Waals surface area contributed by atoms with E-state index in [2.05, 4.69) is 10.2 Å². The molecule has 10 heteroatoms. The molecule has 1 rings (SSSR count). The second-order valence-corrected chi connectivity index (χ2v) is 5.54. The average molecular weight is 317 g/mol. The van der Waals surface area contributed by atoms with E-state index in [9.17, 15) is 18.0 Å². The minimum Gasteiger partial charge on any atom is -0.479 e. The Kier molecular flexibility index (Phi) is 6.09. The lowest BCUT2D eigenvalue weighted by atomic mass is 10.1. The fourth-order valence-corrected chi connectivity index (χ4v) is 1.88. The Bertz CT molecular complexity index is 599. The number of carbonyl (C=O) groups is 2. The van der Waals surface area contributed by atoms with Crippen molar-refractivity contribution in [3.8, 4) is 0 Å². The lowest BCUT2D eigenvalue weighted by Gasteiger charge is -2.07. The summed E-state index contributed by atoms with van der Waals surface area (Å²) in [6.45, 7) is -0.376. The summed E-state index contributed by atoms with van der Waals surface area (Å²) in [5.74, 6) is -1.20. The van der Waals surface area contributed by atoms with Crippen molar-refractivity contribution in [1.29, 1.82) is 0 Å². The van der Waals surface area contributed by atoms with Crippen molar-refractivity contribution in [2.45, 2.75) is 11.3 Å². The van der Waals surface area contributed by atoms with E-state index in [1.54, 1.807) is 12.1 Å². The number of aliphatic carboxylic acids is 1. The highest BCUT2D eigenvalue weighted by Gasteiger charge is 2.07. The third kappa shape index (κ3) is 6.70. The SMILES string of the molecule is NS(=O)(=O)c1ccc(CCNC(=O)NOCC(=O)O)cc1. The van der Waals surface area contributed by atoms with Crippen LogP contribution in [-0.4, -0.2) is 38.7 Å². The van der Waals surface area contributed by atoms with E-state index in [-0.39, 0.29) is 11.4 Å². The van der Waals surface area contributed by atoms with Crippen LogP contribution in [0.2, 0.25) is 0 Å². The van der Waals surface area contributed by atoms with Gasteiger partial charge in [0.05, 0.1) is 4.90 Å². The Morgan fingerprint density at radius 3 is 2.38 bits per heavy atom. The van der Waals surface area contributed by atoms with Gasteiger partial charge >= 0.3 is 12.0 Å². The van der Waals surface area contributed by atoms with Crippen molar-refractivity contribution in [1.82, 2.24) is 10.8 Å². The minimum absolute atomic E-state index is 0.0130. The molecule has 0 spiro atoms. The number of amides is 2. The predicted octanol–water partition coefficient (Wildman–Crippen LogP) is -0.808. The summed E-state index contributed by atoms with van der Waals surface area (Å²) < 4.78 is 22.1. The second-order valence-electron chi connectivity index (χ2n) is 3.98. The Hall–Kier alpha value is -2.17. The number of hydrogen-bond acceptors (Lipinski definition) is 5. The van der Waals surface area contributed by atoms with Crippen LogP contribution in [0.25, 0.3) is 0 Å². The molecule has 5 N–H and O–H groups in total. The first-order chi connectivity index (χ1) is 9.79. The first-order valence-corrected chi connectivity index (χ1v) is 7.33. The monoisotopic (exact) mass is 317 g/mol. The lowest BCUT2D eigenvalue weighted by molar-refractivity contribution is -0.144. The molecule has 1 aromatic rings. The third-order valence-corrected chi connectivity index (χ3v) is 3.24. The normalized spacial score (nSPS) is 10.9. The largest absolute Gasteiger partial charge is 0.479 e. The molecular weight excluding hydrogens is 302 g/mol. The highest BCUT2D eigenvalue weighted by atomic mass is 32.2. The molecule has 0 saturated heterocycles. The molecule has 0 aromatic heterocycles. The van der Waals surface area contributed by atoms with Crippen LogP contribution < -0.4 is 15.9 Å². The van der Waals surface area contributed by atoms with Crippen molar-refractivity contribution in [3.63, 3.8) is 0 Å². The fourth-order valence-electron chi connectivity index (χ4n) is 1.37. The number of primary sulfonamides is 1. The Morgan fingerprint density at radius 1 is 1.24 bits per heavy atom. The van der Waals surface area contributed by atoms with Crippen molar-refractivity contribution in [2.75, 3.05) is 13.2 Å². The van der Waals surface area contributed by atoms with Gasteiger partial charge in [-0.2, -0.15) is 0 Å². The zero-order valence-corrected chi connectivity index (χ0v) is 11.7. The number of sulfonamides is 1. The van der Waals surface area contributed by atoms with Gasteiger partial charge in [0.25, 0.3) is 0 Å². The molecular formula is C11H15N3O6S. The Morgan fingerprint density at radius 2 is 1.86 bits per heavy atom. The number of carboxylic acids is 1. The number of nitrogens with two attached hydrogens (primary N) is 1. The lowest BCUT2D eigenvalue weighted by Crippen LogP contribution is -2.37. The van der Waals surface area contributed by atoms with Crippen LogP contribution in [0.15, 0.2) is 29.2 Å². The molecule has 0 radical (unpaired) electrons. The number of nitrogens with one attached hydrogen (secondary N) is 2. The Labute approximate surface area is 121 Å². The maximum atomic E-state index is 11.2. The molecule has 0 unspecified atom stereocenters. The van der Waals surface area contributed by atoms with Gasteiger partial charge in [-0.1, -0.05) is 12.1 Å². The number of carbonyl (C=O) groups excluding carboxylic acids is 1. The van der Waals surface area contributed by atoms with Crippen LogP contribution >= 0.6 is 0 Å². The van der Waals surface area contributed by atoms with Gasteiger partial charge in [-0.05, 0) is 24.1 Å². The van der Waals surface area contributed by atoms with Crippen LogP contribution in [-0.2, 0) is 26.1 Å². The molecule has 0 heterocycles. The van der Waals surface area contributed by atoms with Gasteiger partial charge < -0.3 is 10.4 Å². The molecule has 0 fully saturated rings. The van der Waals surface area contributed by atoms with Gasteiger partial charge in [0.1, 0.15) is 0 Å². The Balaban J connectivity index is 2.32. The summed E-state index contributed by atoms with van der Waals surface area (Å²) in [7, 11) is -3.72. The highest BCUT2D eigenvalue weighted by molar-refractivity contribution is 7.89. The average Bonchev–Trinajstić information content (AvgIpc) is 2.38. The van der Waals surface area contributed by atoms with E-state index in [1.165, 1.54) is 12.1 Å². The van der Waals surface area contributed by atoms with Crippen molar-refractivity contribution in [2.24, 2.45) is 5.14 Å². The van der Waals surface area contributed by atoms with Gasteiger partial charge in [-0.25, -0.2) is 28.6 Å². The van der Waals surface area contributed by atoms with Crippen molar-refractivity contribution < 1.29 is 28.0 Å². The van der Waals surface area contributed by atoms with E-state index in [4.69, 9.17) is 10.2 Å². The van der Waals surface area contributed by atoms with Gasteiger partial charge in [0.2, 0.25) is 10.0 Å². The molecule has 116 valence electrons. The maximum Gasteiger partial charge on any atom is 0.338 e. The molecule has 0 aliphatic heterocycles. The molecule has 1 aromatic carbocycles. The summed E-state index contributed by atoms with van der Waals surface area (Å²) in [5, 5.41) is 15.7. The van der Waals surface area contributed by atoms with E-state index in [0.29, 0.717) is 6.42 Å². The summed E-state index contributed by atoms with van der Waals surface area (Å²) in [5.41, 5.74) is 2.70. The number of urea groups is 1. The number of hydrogen-bond donors (Lipinski definition) is 4. The summed E-state index contributed by atoms with van der Waals surface area (Å²) in [6.07, 6.45) is 0.456. The maximum absolute atomic E-state index is 11.2. The highest BCUT2D eigenvalue weighted by Crippen LogP contribution is 2.08. The second kappa shape index (κ2) is 7.57. The summed E-state index contributed by atoms with van der Waals surface area (Å²) in [6, 6.07) is 5.25. The van der Waals surface area contributed by atoms with Gasteiger partial charge in [-0.3, -0.25) is 4.84 Å². The molecule has 0 bridgehead atoms. The van der Waals surface area contributed by atoms with E-state index in [1.807, 2.05) is 5.48 Å². The third-order valence-electron chi connectivity index (χ3n) is 2.31. The molecule has 0 saturated carbocycles. The molecule has 21 heavy (non-hydrogen) atoms. The van der Waals surface area contributed by atoms with Crippen LogP contribution in [0.5, 0.6) is 0 Å². The van der Waals surface area contributed by atoms with E-state index < -0.39 is 28.6 Å². The molecule has 0 aliphatic carbocycles. The molecule has 0 aliphatic rings. The minimum atomic E-state index is -3.72. The van der Waals surface area contributed by atoms with Crippen LogP contribution in [0.3, 0.4) is 0 Å². The predicted molar refractivity (Wildman–Crippen MR) is 71.6 cm³/mol. The van der Waals surface area contributed by atoms with E-state index in [0.717, 1.165) is 5.56 Å². The first-order valence-electron chi connectivity index (χ1n) is 5.78. The van der Waals surface area contributed by atoms with Crippen LogP contribution in [0, 0.1) is 0 Å². The quantitative estimate of drug-likeness (QED) is 0.483.